The number of carbonyl (C=O) groups is 1. The fourth-order valence-corrected chi connectivity index (χ4v) is 2.81. The number of nitrogens with two attached hydrogens (primary N) is 1. The highest BCUT2D eigenvalue weighted by atomic mass is 35.5. The molecule has 0 atom stereocenters. The molecule has 0 heterocycles. The number of rotatable bonds is 8. The largest absolute Gasteiger partial charge is 0.487 e. The van der Waals surface area contributed by atoms with Crippen molar-refractivity contribution in [3.8, 4) is 0 Å². The van der Waals surface area contributed by atoms with Crippen LogP contribution in [-0.2, 0) is 4.74 Å². The molecule has 0 radical (unpaired) electrons. The van der Waals surface area contributed by atoms with E-state index in [-0.39, 0.29) is 18.2 Å². The van der Waals surface area contributed by atoms with Gasteiger partial charge in [0.15, 0.2) is 5.78 Å². The minimum absolute atomic E-state index is 0. The third-order valence-electron chi connectivity index (χ3n) is 4.13. The molecule has 3 N–H and O–H groups in total. The molecular formula is C21H35ClN4O3S2. The summed E-state index contributed by atoms with van der Waals surface area (Å²) in [6, 6.07) is 7.81. The zero-order chi connectivity index (χ0) is 23.1. The van der Waals surface area contributed by atoms with Crippen molar-refractivity contribution in [1.82, 2.24) is 9.80 Å². The van der Waals surface area contributed by atoms with Crippen molar-refractivity contribution in [2.24, 2.45) is 10.7 Å². The topological polar surface area (TPSA) is 91.4 Å². The second-order valence-corrected chi connectivity index (χ2v) is 6.93. The van der Waals surface area contributed by atoms with Crippen LogP contribution in [-0.4, -0.2) is 63.2 Å². The molecule has 0 bridgehead atoms. The fourth-order valence-electron chi connectivity index (χ4n) is 2.48. The van der Waals surface area contributed by atoms with E-state index in [2.05, 4.69) is 36.8 Å². The van der Waals surface area contributed by atoms with Gasteiger partial charge in [-0.25, -0.2) is 0 Å². The number of nitrogens with zero attached hydrogens (tertiary/aromatic N) is 3. The number of ether oxygens (including phenoxy) is 1. The van der Waals surface area contributed by atoms with Crippen LogP contribution < -0.4 is 5.73 Å². The van der Waals surface area contributed by atoms with Gasteiger partial charge in [0, 0.05) is 38.2 Å². The second-order valence-electron chi connectivity index (χ2n) is 6.17. The molecule has 0 amide bonds. The molecule has 0 aliphatic heterocycles. The van der Waals surface area contributed by atoms with E-state index >= 15 is 0 Å². The number of aliphatic hydroxyl groups excluding tert-OH is 1. The van der Waals surface area contributed by atoms with Crippen LogP contribution in [0.4, 0.5) is 5.69 Å². The van der Waals surface area contributed by atoms with E-state index in [1.165, 1.54) is 0 Å². The Balaban J connectivity index is 0. The number of aliphatic hydroxyl groups is 1. The summed E-state index contributed by atoms with van der Waals surface area (Å²) in [5.41, 5.74) is 5.85. The van der Waals surface area contributed by atoms with Gasteiger partial charge in [-0.15, -0.1) is 12.4 Å². The summed E-state index contributed by atoms with van der Waals surface area (Å²) in [5, 5.41) is 7.49. The van der Waals surface area contributed by atoms with Crippen LogP contribution in [0.2, 0.25) is 0 Å². The monoisotopic (exact) mass is 490 g/mol. The lowest BCUT2D eigenvalue weighted by Gasteiger charge is -2.26. The zero-order valence-corrected chi connectivity index (χ0v) is 21.4. The molecule has 0 spiro atoms. The number of carbonyl (C=O) groups excluding carboxylic acids is 1. The Morgan fingerprint density at radius 2 is 1.45 bits per heavy atom. The van der Waals surface area contributed by atoms with Crippen molar-refractivity contribution in [3.63, 3.8) is 0 Å². The summed E-state index contributed by atoms with van der Waals surface area (Å²) in [6.07, 6.45) is 1.41. The van der Waals surface area contributed by atoms with Gasteiger partial charge in [-0.05, 0) is 82.8 Å². The molecule has 1 rings (SSSR count). The van der Waals surface area contributed by atoms with Gasteiger partial charge in [-0.1, -0.05) is 6.92 Å². The van der Waals surface area contributed by atoms with Crippen molar-refractivity contribution in [3.05, 3.63) is 29.8 Å². The smallest absolute Gasteiger partial charge is 0.300 e. The zero-order valence-electron chi connectivity index (χ0n) is 19.0. The van der Waals surface area contributed by atoms with Crippen molar-refractivity contribution in [2.75, 3.05) is 26.2 Å². The average molecular weight is 491 g/mol. The predicted molar refractivity (Wildman–Crippen MR) is 139 cm³/mol. The number of thiocarbonyl (C=S) groups is 2. The number of amidine groups is 1. The Hall–Kier alpha value is -1.97. The fraction of sp³-hybridized carbons (Fsp3) is 0.524. The minimum atomic E-state index is -0.500. The molecule has 0 saturated carbocycles. The maximum Gasteiger partial charge on any atom is 0.300 e. The first-order chi connectivity index (χ1) is 14.2. The molecule has 0 fully saturated rings. The first kappa shape index (κ1) is 31.2. The van der Waals surface area contributed by atoms with Gasteiger partial charge in [-0.2, -0.15) is 4.99 Å². The summed E-state index contributed by atoms with van der Waals surface area (Å²) in [4.78, 5) is 20.6. The van der Waals surface area contributed by atoms with Gasteiger partial charge < -0.3 is 25.4 Å². The first-order valence-corrected chi connectivity index (χ1v) is 11.0. The quantitative estimate of drug-likeness (QED) is 0.231. The van der Waals surface area contributed by atoms with Crippen LogP contribution >= 0.6 is 36.8 Å². The number of aliphatic imine (C=N–C) groups is 1. The molecule has 0 saturated heterocycles. The minimum Gasteiger partial charge on any atom is -0.487 e. The molecule has 0 aliphatic carbocycles. The third kappa shape index (κ3) is 12.5. The van der Waals surface area contributed by atoms with Crippen LogP contribution in [0.25, 0.3) is 0 Å². The molecular weight excluding hydrogens is 456 g/mol. The summed E-state index contributed by atoms with van der Waals surface area (Å²) in [7, 11) is 0. The molecule has 0 aliphatic rings. The Bertz CT molecular complexity index is 703. The number of hydrogen-bond donors (Lipinski definition) is 2. The van der Waals surface area contributed by atoms with E-state index in [4.69, 9.17) is 22.1 Å². The third-order valence-corrected chi connectivity index (χ3v) is 4.47. The van der Waals surface area contributed by atoms with Gasteiger partial charge in [-0.3, -0.25) is 4.79 Å². The summed E-state index contributed by atoms with van der Waals surface area (Å²) >= 11 is 9.29. The van der Waals surface area contributed by atoms with Gasteiger partial charge in [0.2, 0.25) is 0 Å². The van der Waals surface area contributed by atoms with Crippen LogP contribution in [0.1, 0.15) is 57.8 Å². The number of benzene rings is 1. The van der Waals surface area contributed by atoms with E-state index < -0.39 is 5.17 Å². The van der Waals surface area contributed by atoms with Crippen LogP contribution in [0.5, 0.6) is 0 Å². The summed E-state index contributed by atoms with van der Waals surface area (Å²) in [5.74, 6) is 0.158. The van der Waals surface area contributed by atoms with Crippen molar-refractivity contribution >= 4 is 64.7 Å². The molecule has 0 aromatic heterocycles. The normalized spacial score (nSPS) is 10.2. The number of hydrogen-bond acceptors (Lipinski definition) is 5. The average Bonchev–Trinajstić information content (AvgIpc) is 2.70. The molecule has 7 nitrogen and oxygen atoms in total. The van der Waals surface area contributed by atoms with Crippen molar-refractivity contribution in [1.29, 1.82) is 0 Å². The van der Waals surface area contributed by atoms with Gasteiger partial charge in [0.25, 0.3) is 16.4 Å². The SMILES string of the molecule is CCCC(=O)c1ccc(N=C(OC(=S)N(CC)CC)N(CC)CC)cc1.Cl.NC(O)=S. The molecule has 176 valence electrons. The van der Waals surface area contributed by atoms with Crippen LogP contribution in [0, 0.1) is 0 Å². The Morgan fingerprint density at radius 3 is 1.84 bits per heavy atom. The van der Waals surface area contributed by atoms with E-state index in [0.29, 0.717) is 17.6 Å². The van der Waals surface area contributed by atoms with E-state index in [9.17, 15) is 4.79 Å². The van der Waals surface area contributed by atoms with Crippen LogP contribution in [0.3, 0.4) is 0 Å². The lowest BCUT2D eigenvalue weighted by molar-refractivity contribution is 0.0982. The maximum absolute atomic E-state index is 12.0. The summed E-state index contributed by atoms with van der Waals surface area (Å²) in [6.45, 7) is 13.3. The highest BCUT2D eigenvalue weighted by Crippen LogP contribution is 2.16. The number of halogens is 1. The molecule has 10 heteroatoms. The Labute approximate surface area is 203 Å². The molecule has 0 unspecified atom stereocenters. The van der Waals surface area contributed by atoms with Crippen molar-refractivity contribution in [2.45, 2.75) is 47.5 Å². The molecule has 31 heavy (non-hydrogen) atoms. The Kier molecular flexibility index (Phi) is 17.8. The van der Waals surface area contributed by atoms with Crippen LogP contribution in [0.15, 0.2) is 29.3 Å². The van der Waals surface area contributed by atoms with Gasteiger partial charge in [0.1, 0.15) is 0 Å². The van der Waals surface area contributed by atoms with E-state index in [1.807, 2.05) is 54.8 Å². The number of Topliss-reactive ketones (excluding diaryl/α,β-unsaturated/α-hetero) is 1. The number of ketones is 1. The van der Waals surface area contributed by atoms with Gasteiger partial charge >= 0.3 is 0 Å². The lowest BCUT2D eigenvalue weighted by Crippen LogP contribution is -2.39. The standard InChI is InChI=1S/C20H31N3O2S.CH3NOS.ClH/c1-6-11-18(24)16-12-14-17(15-13-16)21-19(22(7-2)8-3)25-20(26)23(9-4)10-5;2-1(3)4;/h12-15H,6-11H2,1-5H3;(H3,2,3,4);1H. The highest BCUT2D eigenvalue weighted by molar-refractivity contribution is 7.80. The Morgan fingerprint density at radius 1 is 1.00 bits per heavy atom. The highest BCUT2D eigenvalue weighted by Gasteiger charge is 2.16. The van der Waals surface area contributed by atoms with E-state index in [0.717, 1.165) is 43.9 Å². The lowest BCUT2D eigenvalue weighted by atomic mass is 10.1. The second kappa shape index (κ2) is 17.7. The molecule has 1 aromatic carbocycles. The first-order valence-electron chi connectivity index (χ1n) is 10.2. The molecule has 1 aromatic rings. The van der Waals surface area contributed by atoms with Gasteiger partial charge in [0.05, 0.1) is 5.69 Å². The van der Waals surface area contributed by atoms with Crippen molar-refractivity contribution < 1.29 is 14.6 Å². The van der Waals surface area contributed by atoms with E-state index in [1.54, 1.807) is 0 Å². The summed E-state index contributed by atoms with van der Waals surface area (Å²) < 4.78 is 5.92. The predicted octanol–water partition coefficient (Wildman–Crippen LogP) is 4.85. The maximum atomic E-state index is 12.0.